The number of methoxy groups -OCH3 is 1. The summed E-state index contributed by atoms with van der Waals surface area (Å²) < 4.78 is 19.0. The number of hydrogen-bond donors (Lipinski definition) is 0. The average Bonchev–Trinajstić information content (AvgIpc) is 2.09. The Labute approximate surface area is 86.0 Å². The molecule has 0 unspecified atom stereocenters. The molecule has 1 rings (SSSR count). The van der Waals surface area contributed by atoms with Crippen LogP contribution in [0.1, 0.15) is 25.3 Å². The van der Waals surface area contributed by atoms with E-state index in [9.17, 15) is 4.39 Å². The van der Waals surface area contributed by atoms with Crippen LogP contribution in [0.15, 0.2) is 16.6 Å². The minimum atomic E-state index is -0.227. The van der Waals surface area contributed by atoms with Gasteiger partial charge in [-0.1, -0.05) is 19.9 Å². The fourth-order valence-corrected chi connectivity index (χ4v) is 1.67. The Kier molecular flexibility index (Phi) is 3.31. The molecule has 0 aliphatic carbocycles. The fraction of sp³-hybridized carbons (Fsp3) is 0.400. The van der Waals surface area contributed by atoms with E-state index in [2.05, 4.69) is 15.9 Å². The molecule has 0 radical (unpaired) electrons. The topological polar surface area (TPSA) is 9.23 Å². The van der Waals surface area contributed by atoms with E-state index in [-0.39, 0.29) is 11.7 Å². The van der Waals surface area contributed by atoms with Gasteiger partial charge in [-0.2, -0.15) is 0 Å². The molecule has 0 saturated carbocycles. The molecule has 0 amide bonds. The average molecular weight is 247 g/mol. The summed E-state index contributed by atoms with van der Waals surface area (Å²) in [6.45, 7) is 3.91. The van der Waals surface area contributed by atoms with Crippen molar-refractivity contribution in [3.05, 3.63) is 28.0 Å². The van der Waals surface area contributed by atoms with E-state index >= 15 is 0 Å². The molecule has 0 N–H and O–H groups in total. The van der Waals surface area contributed by atoms with Crippen molar-refractivity contribution in [1.29, 1.82) is 0 Å². The maximum absolute atomic E-state index is 13.6. The van der Waals surface area contributed by atoms with Crippen molar-refractivity contribution >= 4 is 15.9 Å². The van der Waals surface area contributed by atoms with Gasteiger partial charge < -0.3 is 4.74 Å². The zero-order chi connectivity index (χ0) is 10.0. The van der Waals surface area contributed by atoms with Crippen molar-refractivity contribution in [3.63, 3.8) is 0 Å². The Morgan fingerprint density at radius 2 is 2.00 bits per heavy atom. The molecule has 0 saturated heterocycles. The first kappa shape index (κ1) is 10.5. The van der Waals surface area contributed by atoms with Crippen molar-refractivity contribution in [1.82, 2.24) is 0 Å². The third kappa shape index (κ3) is 2.02. The summed E-state index contributed by atoms with van der Waals surface area (Å²) in [5, 5.41) is 0. The van der Waals surface area contributed by atoms with E-state index in [1.54, 1.807) is 12.1 Å². The van der Waals surface area contributed by atoms with Crippen LogP contribution >= 0.6 is 15.9 Å². The predicted octanol–water partition coefficient (Wildman–Crippen LogP) is 3.72. The molecule has 3 heteroatoms. The normalized spacial score (nSPS) is 10.6. The minimum absolute atomic E-state index is 0.183. The van der Waals surface area contributed by atoms with Crippen LogP contribution in [-0.4, -0.2) is 7.11 Å². The lowest BCUT2D eigenvalue weighted by Crippen LogP contribution is -1.96. The van der Waals surface area contributed by atoms with Gasteiger partial charge >= 0.3 is 0 Å². The molecule has 0 heterocycles. The molecule has 1 nitrogen and oxygen atoms in total. The first-order valence-electron chi connectivity index (χ1n) is 4.09. The van der Waals surface area contributed by atoms with E-state index in [1.165, 1.54) is 7.11 Å². The van der Waals surface area contributed by atoms with Crippen LogP contribution in [0, 0.1) is 5.82 Å². The molecule has 0 atom stereocenters. The van der Waals surface area contributed by atoms with Gasteiger partial charge in [0.1, 0.15) is 11.6 Å². The van der Waals surface area contributed by atoms with E-state index in [0.29, 0.717) is 15.8 Å². The maximum Gasteiger partial charge on any atom is 0.144 e. The van der Waals surface area contributed by atoms with Crippen LogP contribution in [-0.2, 0) is 0 Å². The highest BCUT2D eigenvalue weighted by Crippen LogP contribution is 2.32. The van der Waals surface area contributed by atoms with Gasteiger partial charge in [-0.15, -0.1) is 0 Å². The Bertz CT molecular complexity index is 310. The summed E-state index contributed by atoms with van der Waals surface area (Å²) in [7, 11) is 1.52. The van der Waals surface area contributed by atoms with Crippen LogP contribution in [0.2, 0.25) is 0 Å². The molecule has 72 valence electrons. The summed E-state index contributed by atoms with van der Waals surface area (Å²) in [5.74, 6) is 0.485. The minimum Gasteiger partial charge on any atom is -0.495 e. The highest BCUT2D eigenvalue weighted by Gasteiger charge is 2.13. The first-order chi connectivity index (χ1) is 6.07. The zero-order valence-corrected chi connectivity index (χ0v) is 9.48. The highest BCUT2D eigenvalue weighted by molar-refractivity contribution is 9.10. The van der Waals surface area contributed by atoms with Crippen molar-refractivity contribution in [3.8, 4) is 5.75 Å². The standard InChI is InChI=1S/C10H12BrFO/c1-6(2)7-4-5-8(13-3)9(11)10(7)12/h4-6H,1-3H3. The van der Waals surface area contributed by atoms with Gasteiger partial charge in [0, 0.05) is 0 Å². The second-order valence-corrected chi connectivity index (χ2v) is 3.93. The quantitative estimate of drug-likeness (QED) is 0.773. The number of benzene rings is 1. The molecule has 1 aromatic rings. The molecule has 0 fully saturated rings. The molecular formula is C10H12BrFO. The van der Waals surface area contributed by atoms with E-state index in [0.717, 1.165) is 0 Å². The lowest BCUT2D eigenvalue weighted by atomic mass is 10.0. The Morgan fingerprint density at radius 1 is 1.38 bits per heavy atom. The first-order valence-corrected chi connectivity index (χ1v) is 4.89. The summed E-state index contributed by atoms with van der Waals surface area (Å²) in [6.07, 6.45) is 0. The van der Waals surface area contributed by atoms with Gasteiger partial charge in [-0.25, -0.2) is 4.39 Å². The lowest BCUT2D eigenvalue weighted by Gasteiger charge is -2.10. The smallest absolute Gasteiger partial charge is 0.144 e. The second-order valence-electron chi connectivity index (χ2n) is 3.14. The molecule has 1 aromatic carbocycles. The number of ether oxygens (including phenoxy) is 1. The second kappa shape index (κ2) is 4.09. The Morgan fingerprint density at radius 3 is 2.46 bits per heavy atom. The number of rotatable bonds is 2. The largest absolute Gasteiger partial charge is 0.495 e. The molecule has 13 heavy (non-hydrogen) atoms. The Hall–Kier alpha value is -0.570. The predicted molar refractivity (Wildman–Crippen MR) is 54.7 cm³/mol. The Balaban J connectivity index is 3.23. The zero-order valence-electron chi connectivity index (χ0n) is 7.90. The molecule has 0 bridgehead atoms. The summed E-state index contributed by atoms with van der Waals surface area (Å²) in [5.41, 5.74) is 0.702. The molecule has 0 aliphatic rings. The molecule has 0 aliphatic heterocycles. The van der Waals surface area contributed by atoms with Crippen LogP contribution in [0.25, 0.3) is 0 Å². The van der Waals surface area contributed by atoms with E-state index < -0.39 is 0 Å². The summed E-state index contributed by atoms with van der Waals surface area (Å²) in [4.78, 5) is 0. The molecule has 0 spiro atoms. The van der Waals surface area contributed by atoms with Crippen LogP contribution in [0.5, 0.6) is 5.75 Å². The molecular weight excluding hydrogens is 235 g/mol. The van der Waals surface area contributed by atoms with Crippen molar-refractivity contribution in [2.45, 2.75) is 19.8 Å². The van der Waals surface area contributed by atoms with Crippen LogP contribution in [0.3, 0.4) is 0 Å². The monoisotopic (exact) mass is 246 g/mol. The van der Waals surface area contributed by atoms with E-state index in [1.807, 2.05) is 13.8 Å². The van der Waals surface area contributed by atoms with Crippen LogP contribution in [0.4, 0.5) is 4.39 Å². The van der Waals surface area contributed by atoms with Gasteiger partial charge in [0.2, 0.25) is 0 Å². The van der Waals surface area contributed by atoms with Gasteiger partial charge in [0.15, 0.2) is 0 Å². The van der Waals surface area contributed by atoms with Gasteiger partial charge in [-0.3, -0.25) is 0 Å². The lowest BCUT2D eigenvalue weighted by molar-refractivity contribution is 0.406. The third-order valence-electron chi connectivity index (χ3n) is 1.92. The fourth-order valence-electron chi connectivity index (χ4n) is 1.15. The SMILES string of the molecule is COc1ccc(C(C)C)c(F)c1Br. The number of hydrogen-bond acceptors (Lipinski definition) is 1. The van der Waals surface area contributed by atoms with Gasteiger partial charge in [0.25, 0.3) is 0 Å². The van der Waals surface area contributed by atoms with Crippen molar-refractivity contribution in [2.75, 3.05) is 7.11 Å². The van der Waals surface area contributed by atoms with Gasteiger partial charge in [0.05, 0.1) is 11.6 Å². The summed E-state index contributed by atoms with van der Waals surface area (Å²) >= 11 is 3.16. The van der Waals surface area contributed by atoms with Crippen molar-refractivity contribution in [2.24, 2.45) is 0 Å². The van der Waals surface area contributed by atoms with Gasteiger partial charge in [-0.05, 0) is 33.5 Å². The molecule has 0 aromatic heterocycles. The van der Waals surface area contributed by atoms with E-state index in [4.69, 9.17) is 4.74 Å². The maximum atomic E-state index is 13.6. The summed E-state index contributed by atoms with van der Waals surface area (Å²) in [6, 6.07) is 3.52. The number of halogens is 2. The van der Waals surface area contributed by atoms with Crippen LogP contribution < -0.4 is 4.74 Å². The highest BCUT2D eigenvalue weighted by atomic mass is 79.9. The van der Waals surface area contributed by atoms with Crippen molar-refractivity contribution < 1.29 is 9.13 Å². The third-order valence-corrected chi connectivity index (χ3v) is 2.66.